The molecule has 0 saturated carbocycles. The first-order valence-corrected chi connectivity index (χ1v) is 9.41. The lowest BCUT2D eigenvalue weighted by molar-refractivity contribution is -0.387. The van der Waals surface area contributed by atoms with E-state index in [0.717, 1.165) is 30.7 Å². The van der Waals surface area contributed by atoms with Crippen molar-refractivity contribution in [1.82, 2.24) is 4.90 Å². The van der Waals surface area contributed by atoms with Crippen LogP contribution in [0, 0.1) is 16.0 Å². The highest BCUT2D eigenvalue weighted by Crippen LogP contribution is 2.30. The van der Waals surface area contributed by atoms with Gasteiger partial charge in [0.1, 0.15) is 0 Å². The van der Waals surface area contributed by atoms with Crippen LogP contribution in [0.15, 0.2) is 23.1 Å². The van der Waals surface area contributed by atoms with Gasteiger partial charge in [-0.3, -0.25) is 24.5 Å². The van der Waals surface area contributed by atoms with Crippen LogP contribution in [0.4, 0.5) is 5.69 Å². The number of nitrogens with zero attached hydrogens (tertiary/aromatic N) is 2. The molecule has 2 amide bonds. The second-order valence-electron chi connectivity index (χ2n) is 6.34. The Morgan fingerprint density at radius 1 is 1.41 bits per heavy atom. The summed E-state index contributed by atoms with van der Waals surface area (Å²) in [6, 6.07) is 3.78. The number of esters is 1. The van der Waals surface area contributed by atoms with Crippen molar-refractivity contribution >= 4 is 35.2 Å². The molecule has 0 spiro atoms. The van der Waals surface area contributed by atoms with Gasteiger partial charge in [-0.25, -0.2) is 0 Å². The molecule has 1 fully saturated rings. The number of hydrogen-bond donors (Lipinski definition) is 1. The number of likely N-dealkylation sites (tertiary alicyclic amines) is 1. The van der Waals surface area contributed by atoms with E-state index in [9.17, 15) is 24.5 Å². The Balaban J connectivity index is 1.87. The first kappa shape index (κ1) is 20.7. The molecule has 2 N–H and O–H groups in total. The number of rotatable bonds is 7. The van der Waals surface area contributed by atoms with E-state index >= 15 is 0 Å². The highest BCUT2D eigenvalue weighted by Gasteiger charge is 2.22. The maximum atomic E-state index is 12.1. The quantitative estimate of drug-likeness (QED) is 0.321. The smallest absolute Gasteiger partial charge is 0.316 e. The van der Waals surface area contributed by atoms with Crippen LogP contribution in [0.3, 0.4) is 0 Å². The molecule has 0 aliphatic carbocycles. The Kier molecular flexibility index (Phi) is 7.17. The van der Waals surface area contributed by atoms with Crippen molar-refractivity contribution in [1.29, 1.82) is 0 Å². The zero-order chi connectivity index (χ0) is 20.0. The second-order valence-corrected chi connectivity index (χ2v) is 7.36. The van der Waals surface area contributed by atoms with E-state index in [1.165, 1.54) is 12.1 Å². The number of amides is 2. The molecule has 10 heteroatoms. The van der Waals surface area contributed by atoms with E-state index in [-0.39, 0.29) is 34.4 Å². The Hall–Kier alpha value is -2.62. The minimum absolute atomic E-state index is 0.00924. The van der Waals surface area contributed by atoms with E-state index < -0.39 is 16.8 Å². The molecule has 27 heavy (non-hydrogen) atoms. The lowest BCUT2D eigenvalue weighted by atomic mass is 10.0. The number of benzene rings is 1. The van der Waals surface area contributed by atoms with Crippen molar-refractivity contribution in [3.63, 3.8) is 0 Å². The summed E-state index contributed by atoms with van der Waals surface area (Å²) in [5.74, 6) is -1.43. The fraction of sp³-hybridized carbons (Fsp3) is 0.471. The molecule has 1 atom stereocenters. The van der Waals surface area contributed by atoms with Gasteiger partial charge in [0.25, 0.3) is 11.6 Å². The summed E-state index contributed by atoms with van der Waals surface area (Å²) in [5.41, 5.74) is 4.81. The van der Waals surface area contributed by atoms with Gasteiger partial charge >= 0.3 is 5.97 Å². The summed E-state index contributed by atoms with van der Waals surface area (Å²) >= 11 is 0.898. The summed E-state index contributed by atoms with van der Waals surface area (Å²) in [5, 5.41) is 11.1. The normalized spacial score (nSPS) is 16.6. The molecular weight excluding hydrogens is 374 g/mol. The van der Waals surface area contributed by atoms with Crippen molar-refractivity contribution in [2.45, 2.75) is 24.7 Å². The van der Waals surface area contributed by atoms with Crippen LogP contribution >= 0.6 is 11.8 Å². The van der Waals surface area contributed by atoms with E-state index in [1.807, 2.05) is 0 Å². The van der Waals surface area contributed by atoms with Gasteiger partial charge in [0, 0.05) is 24.7 Å². The molecule has 0 bridgehead atoms. The maximum Gasteiger partial charge on any atom is 0.316 e. The molecule has 0 unspecified atom stereocenters. The zero-order valence-corrected chi connectivity index (χ0v) is 15.7. The Bertz CT molecular complexity index is 754. The molecule has 1 aromatic carbocycles. The van der Waals surface area contributed by atoms with Gasteiger partial charge < -0.3 is 15.4 Å². The van der Waals surface area contributed by atoms with Gasteiger partial charge in [-0.1, -0.05) is 6.92 Å². The molecule has 1 aromatic rings. The van der Waals surface area contributed by atoms with Crippen LogP contribution in [-0.2, 0) is 14.3 Å². The van der Waals surface area contributed by atoms with E-state index in [4.69, 9.17) is 10.5 Å². The number of nitro benzene ring substituents is 1. The van der Waals surface area contributed by atoms with Gasteiger partial charge in [0.05, 0.1) is 15.6 Å². The number of carbonyl (C=O) groups is 3. The Morgan fingerprint density at radius 3 is 2.78 bits per heavy atom. The van der Waals surface area contributed by atoms with Crippen molar-refractivity contribution in [2.75, 3.05) is 25.4 Å². The Morgan fingerprint density at radius 2 is 2.15 bits per heavy atom. The number of nitro groups is 1. The van der Waals surface area contributed by atoms with E-state index in [2.05, 4.69) is 6.92 Å². The summed E-state index contributed by atoms with van der Waals surface area (Å²) in [4.78, 5) is 47.4. The van der Waals surface area contributed by atoms with Crippen LogP contribution in [0.1, 0.15) is 30.1 Å². The SMILES string of the molecule is C[C@@H]1CCCN(C(=O)COC(=O)CSc2ccc(C(N)=O)cc2[N+](=O)[O-])C1. The maximum absolute atomic E-state index is 12.1. The molecule has 2 rings (SSSR count). The monoisotopic (exact) mass is 395 g/mol. The van der Waals surface area contributed by atoms with Crippen LogP contribution in [0.5, 0.6) is 0 Å². The molecular formula is C17H21N3O6S. The molecule has 1 aliphatic heterocycles. The number of carbonyl (C=O) groups excluding carboxylic acids is 3. The molecule has 9 nitrogen and oxygen atoms in total. The minimum Gasteiger partial charge on any atom is -0.455 e. The molecule has 1 saturated heterocycles. The summed E-state index contributed by atoms with van der Waals surface area (Å²) in [6.45, 7) is 3.05. The van der Waals surface area contributed by atoms with Crippen molar-refractivity contribution in [2.24, 2.45) is 11.7 Å². The lowest BCUT2D eigenvalue weighted by Crippen LogP contribution is -2.41. The lowest BCUT2D eigenvalue weighted by Gasteiger charge is -2.30. The van der Waals surface area contributed by atoms with Crippen LogP contribution in [0.25, 0.3) is 0 Å². The first-order valence-electron chi connectivity index (χ1n) is 8.42. The fourth-order valence-corrected chi connectivity index (χ4v) is 3.57. The van der Waals surface area contributed by atoms with Crippen LogP contribution in [0.2, 0.25) is 0 Å². The Labute approximate surface area is 160 Å². The first-order chi connectivity index (χ1) is 12.8. The zero-order valence-electron chi connectivity index (χ0n) is 14.9. The topological polar surface area (TPSA) is 133 Å². The molecule has 1 aliphatic rings. The second kappa shape index (κ2) is 9.36. The van der Waals surface area contributed by atoms with Gasteiger partial charge in [0.2, 0.25) is 5.91 Å². The number of hydrogen-bond acceptors (Lipinski definition) is 7. The minimum atomic E-state index is -0.778. The predicted molar refractivity (Wildman–Crippen MR) is 98.3 cm³/mol. The molecule has 0 aromatic heterocycles. The van der Waals surface area contributed by atoms with Crippen LogP contribution < -0.4 is 5.73 Å². The fourth-order valence-electron chi connectivity index (χ4n) is 2.76. The van der Waals surface area contributed by atoms with Crippen molar-refractivity contribution in [3.8, 4) is 0 Å². The average Bonchev–Trinajstić information content (AvgIpc) is 2.64. The van der Waals surface area contributed by atoms with Crippen molar-refractivity contribution < 1.29 is 24.0 Å². The highest BCUT2D eigenvalue weighted by atomic mass is 32.2. The van der Waals surface area contributed by atoms with Gasteiger partial charge in [0.15, 0.2) is 6.61 Å². The van der Waals surface area contributed by atoms with Crippen molar-refractivity contribution in [3.05, 3.63) is 33.9 Å². The standard InChI is InChI=1S/C17H21N3O6S/c1-11-3-2-6-19(8-11)15(21)9-26-16(22)10-27-14-5-4-12(17(18)23)7-13(14)20(24)25/h4-5,7,11H,2-3,6,8-10H2,1H3,(H2,18,23)/t11-/m1/s1. The summed E-state index contributed by atoms with van der Waals surface area (Å²) < 4.78 is 4.98. The van der Waals surface area contributed by atoms with Crippen LogP contribution in [-0.4, -0.2) is 53.1 Å². The van der Waals surface area contributed by atoms with E-state index in [1.54, 1.807) is 4.90 Å². The molecule has 0 radical (unpaired) electrons. The number of thioether (sulfide) groups is 1. The largest absolute Gasteiger partial charge is 0.455 e. The van der Waals surface area contributed by atoms with Gasteiger partial charge in [-0.05, 0) is 30.9 Å². The van der Waals surface area contributed by atoms with Gasteiger partial charge in [-0.2, -0.15) is 0 Å². The third-order valence-electron chi connectivity index (χ3n) is 4.15. The molecule has 1 heterocycles. The predicted octanol–water partition coefficient (Wildman–Crippen LogP) is 1.59. The molecule has 146 valence electrons. The number of primary amides is 1. The van der Waals surface area contributed by atoms with Gasteiger partial charge in [-0.15, -0.1) is 11.8 Å². The third kappa shape index (κ3) is 5.95. The number of ether oxygens (including phenoxy) is 1. The number of nitrogens with two attached hydrogens (primary N) is 1. The summed E-state index contributed by atoms with van der Waals surface area (Å²) in [6.07, 6.45) is 2.01. The third-order valence-corrected chi connectivity index (χ3v) is 5.19. The highest BCUT2D eigenvalue weighted by molar-refractivity contribution is 8.00. The average molecular weight is 395 g/mol. The summed E-state index contributed by atoms with van der Waals surface area (Å²) in [7, 11) is 0. The number of piperidine rings is 1. The van der Waals surface area contributed by atoms with E-state index in [0.29, 0.717) is 19.0 Å².